The van der Waals surface area contributed by atoms with Gasteiger partial charge in [0, 0.05) is 43.8 Å². The standard InChI is InChI=1S/C22H32N2O3/c1-2-4-16-7-8-17(26-16)12-24-13-19-18(11-23-21(25)15-5-3-6-15)20-9-10-22(19,14-24)27-20/h7-8,15,18-20H,2-6,9-14H2,1H3,(H,23,25)/t18-,19+,20+,22+/m0/s1. The number of nitrogens with one attached hydrogen (secondary N) is 1. The van der Waals surface area contributed by atoms with E-state index < -0.39 is 0 Å². The molecule has 4 fully saturated rings. The second-order valence-electron chi connectivity index (χ2n) is 9.19. The van der Waals surface area contributed by atoms with Crippen LogP contribution in [0.4, 0.5) is 0 Å². The first-order chi connectivity index (χ1) is 13.2. The molecule has 148 valence electrons. The predicted octanol–water partition coefficient (Wildman–Crippen LogP) is 3.13. The van der Waals surface area contributed by atoms with Gasteiger partial charge in [-0.15, -0.1) is 0 Å². The zero-order chi connectivity index (χ0) is 18.4. The minimum absolute atomic E-state index is 0.0232. The Morgan fingerprint density at radius 1 is 1.30 bits per heavy atom. The Hall–Kier alpha value is -1.33. The van der Waals surface area contributed by atoms with Gasteiger partial charge in [-0.25, -0.2) is 0 Å². The molecule has 1 spiro atoms. The SMILES string of the molecule is CCCc1ccc(CN2C[C@@H]3[C@H](CNC(=O)C4CCC4)[C@H]4CC[C@]3(C2)O4)o1. The topological polar surface area (TPSA) is 54.7 Å². The first-order valence-corrected chi connectivity index (χ1v) is 10.9. The monoisotopic (exact) mass is 372 g/mol. The van der Waals surface area contributed by atoms with E-state index in [9.17, 15) is 4.79 Å². The molecule has 2 bridgehead atoms. The number of ether oxygens (including phenoxy) is 1. The van der Waals surface area contributed by atoms with Crippen LogP contribution in [0.3, 0.4) is 0 Å². The first-order valence-electron chi connectivity index (χ1n) is 10.9. The molecular weight excluding hydrogens is 340 g/mol. The van der Waals surface area contributed by atoms with Crippen molar-refractivity contribution in [2.24, 2.45) is 17.8 Å². The molecule has 4 aliphatic rings. The average Bonchev–Trinajstić information content (AvgIpc) is 3.32. The molecule has 3 aliphatic heterocycles. The van der Waals surface area contributed by atoms with Crippen LogP contribution < -0.4 is 5.32 Å². The van der Waals surface area contributed by atoms with E-state index >= 15 is 0 Å². The summed E-state index contributed by atoms with van der Waals surface area (Å²) < 4.78 is 12.5. The van der Waals surface area contributed by atoms with E-state index in [1.807, 2.05) is 0 Å². The summed E-state index contributed by atoms with van der Waals surface area (Å²) >= 11 is 0. The predicted molar refractivity (Wildman–Crippen MR) is 102 cm³/mol. The Morgan fingerprint density at radius 3 is 2.93 bits per heavy atom. The molecule has 1 N–H and O–H groups in total. The Kier molecular flexibility index (Phi) is 4.55. The maximum absolute atomic E-state index is 12.3. The van der Waals surface area contributed by atoms with Gasteiger partial charge in [-0.1, -0.05) is 13.3 Å². The lowest BCUT2D eigenvalue weighted by molar-refractivity contribution is -0.127. The molecule has 4 heterocycles. The molecule has 0 unspecified atom stereocenters. The van der Waals surface area contributed by atoms with Crippen LogP contribution >= 0.6 is 0 Å². The van der Waals surface area contributed by atoms with Crippen molar-refractivity contribution in [3.8, 4) is 0 Å². The summed E-state index contributed by atoms with van der Waals surface area (Å²) in [5, 5.41) is 3.25. The minimum Gasteiger partial charge on any atom is -0.465 e. The van der Waals surface area contributed by atoms with Gasteiger partial charge in [0.15, 0.2) is 0 Å². The largest absolute Gasteiger partial charge is 0.465 e. The summed E-state index contributed by atoms with van der Waals surface area (Å²) in [5.41, 5.74) is 0.0232. The van der Waals surface area contributed by atoms with Gasteiger partial charge in [-0.3, -0.25) is 9.69 Å². The van der Waals surface area contributed by atoms with Crippen LogP contribution in [0.2, 0.25) is 0 Å². The van der Waals surface area contributed by atoms with Gasteiger partial charge in [0.05, 0.1) is 18.2 Å². The highest BCUT2D eigenvalue weighted by atomic mass is 16.5. The number of furan rings is 1. The lowest BCUT2D eigenvalue weighted by Crippen LogP contribution is -2.44. The van der Waals surface area contributed by atoms with E-state index in [2.05, 4.69) is 29.3 Å². The van der Waals surface area contributed by atoms with Gasteiger partial charge in [-0.2, -0.15) is 0 Å². The summed E-state index contributed by atoms with van der Waals surface area (Å²) in [6.07, 6.45) is 8.15. The minimum atomic E-state index is 0.0232. The van der Waals surface area contributed by atoms with Crippen molar-refractivity contribution in [2.75, 3.05) is 19.6 Å². The average molecular weight is 373 g/mol. The van der Waals surface area contributed by atoms with E-state index in [1.165, 1.54) is 12.8 Å². The Labute approximate surface area is 161 Å². The van der Waals surface area contributed by atoms with Gasteiger partial charge in [0.25, 0.3) is 0 Å². The summed E-state index contributed by atoms with van der Waals surface area (Å²) in [7, 11) is 0. The zero-order valence-electron chi connectivity index (χ0n) is 16.4. The number of amides is 1. The second-order valence-corrected chi connectivity index (χ2v) is 9.19. The summed E-state index contributed by atoms with van der Waals surface area (Å²) in [4.78, 5) is 14.8. The molecule has 1 amide bonds. The number of fused-ring (bicyclic) bond motifs is 1. The molecule has 5 nitrogen and oxygen atoms in total. The lowest BCUT2D eigenvalue weighted by Gasteiger charge is -2.31. The highest BCUT2D eigenvalue weighted by Crippen LogP contribution is 2.54. The molecule has 5 heteroatoms. The fourth-order valence-electron chi connectivity index (χ4n) is 5.82. The Bertz CT molecular complexity index is 697. The maximum atomic E-state index is 12.3. The van der Waals surface area contributed by atoms with E-state index in [0.29, 0.717) is 17.9 Å². The number of hydrogen-bond donors (Lipinski definition) is 1. The third-order valence-corrected chi connectivity index (χ3v) is 7.44. The molecule has 1 aromatic heterocycles. The van der Waals surface area contributed by atoms with E-state index in [1.54, 1.807) is 0 Å². The van der Waals surface area contributed by atoms with Gasteiger partial charge >= 0.3 is 0 Å². The van der Waals surface area contributed by atoms with Crippen molar-refractivity contribution in [1.82, 2.24) is 10.2 Å². The molecule has 1 aliphatic carbocycles. The highest BCUT2D eigenvalue weighted by molar-refractivity contribution is 5.79. The fraction of sp³-hybridized carbons (Fsp3) is 0.773. The van der Waals surface area contributed by atoms with Crippen LogP contribution in [-0.4, -0.2) is 42.1 Å². The van der Waals surface area contributed by atoms with Crippen molar-refractivity contribution >= 4 is 5.91 Å². The smallest absolute Gasteiger partial charge is 0.223 e. The quantitative estimate of drug-likeness (QED) is 0.799. The number of rotatable bonds is 7. The van der Waals surface area contributed by atoms with Crippen molar-refractivity contribution in [2.45, 2.75) is 70.1 Å². The van der Waals surface area contributed by atoms with Gasteiger partial charge in [0.2, 0.25) is 5.91 Å². The molecule has 0 aromatic carbocycles. The lowest BCUT2D eigenvalue weighted by atomic mass is 9.73. The highest BCUT2D eigenvalue weighted by Gasteiger charge is 2.62. The number of hydrogen-bond acceptors (Lipinski definition) is 4. The number of likely N-dealkylation sites (tertiary alicyclic amines) is 1. The second kappa shape index (κ2) is 6.93. The summed E-state index contributed by atoms with van der Waals surface area (Å²) in [6.45, 7) is 5.91. The van der Waals surface area contributed by atoms with Crippen LogP contribution in [0, 0.1) is 17.8 Å². The normalized spacial score (nSPS) is 35.4. The molecule has 1 saturated carbocycles. The van der Waals surface area contributed by atoms with Crippen LogP contribution in [0.5, 0.6) is 0 Å². The fourth-order valence-corrected chi connectivity index (χ4v) is 5.82. The van der Waals surface area contributed by atoms with E-state index in [-0.39, 0.29) is 17.4 Å². The van der Waals surface area contributed by atoms with Crippen molar-refractivity contribution < 1.29 is 13.9 Å². The molecular formula is C22H32N2O3. The summed E-state index contributed by atoms with van der Waals surface area (Å²) in [5.74, 6) is 3.72. The van der Waals surface area contributed by atoms with Gasteiger partial charge in [0.1, 0.15) is 11.5 Å². The molecule has 27 heavy (non-hydrogen) atoms. The Morgan fingerprint density at radius 2 is 2.15 bits per heavy atom. The number of nitrogens with zero attached hydrogens (tertiary/aromatic N) is 1. The van der Waals surface area contributed by atoms with E-state index in [0.717, 1.165) is 69.8 Å². The Balaban J connectivity index is 1.21. The van der Waals surface area contributed by atoms with Gasteiger partial charge < -0.3 is 14.5 Å². The van der Waals surface area contributed by atoms with Gasteiger partial charge in [-0.05, 0) is 44.2 Å². The third kappa shape index (κ3) is 3.13. The number of carbonyl (C=O) groups excluding carboxylic acids is 1. The first kappa shape index (κ1) is 17.7. The van der Waals surface area contributed by atoms with E-state index in [4.69, 9.17) is 9.15 Å². The van der Waals surface area contributed by atoms with Crippen LogP contribution in [0.1, 0.15) is 57.0 Å². The number of aryl methyl sites for hydroxylation is 1. The van der Waals surface area contributed by atoms with Crippen LogP contribution in [-0.2, 0) is 22.5 Å². The van der Waals surface area contributed by atoms with Crippen LogP contribution in [0.25, 0.3) is 0 Å². The molecule has 0 radical (unpaired) electrons. The van der Waals surface area contributed by atoms with Crippen molar-refractivity contribution in [3.63, 3.8) is 0 Å². The maximum Gasteiger partial charge on any atom is 0.223 e. The molecule has 4 atom stereocenters. The zero-order valence-corrected chi connectivity index (χ0v) is 16.4. The molecule has 5 rings (SSSR count). The molecule has 3 saturated heterocycles. The van der Waals surface area contributed by atoms with Crippen LogP contribution in [0.15, 0.2) is 16.5 Å². The van der Waals surface area contributed by atoms with Crippen molar-refractivity contribution in [1.29, 1.82) is 0 Å². The van der Waals surface area contributed by atoms with Crippen molar-refractivity contribution in [3.05, 3.63) is 23.7 Å². The number of carbonyl (C=O) groups is 1. The third-order valence-electron chi connectivity index (χ3n) is 7.44. The molecule has 1 aromatic rings. The summed E-state index contributed by atoms with van der Waals surface area (Å²) in [6, 6.07) is 4.25.